The number of rotatable bonds is 0. The van der Waals surface area contributed by atoms with Crippen molar-refractivity contribution in [1.82, 2.24) is 0 Å². The molecule has 0 aliphatic rings. The summed E-state index contributed by atoms with van der Waals surface area (Å²) in [6.45, 7) is 0. The first-order valence-electron chi connectivity index (χ1n) is 6.47. The van der Waals surface area contributed by atoms with Gasteiger partial charge in [-0.1, -0.05) is 60.7 Å². The Kier molecular flexibility index (Phi) is 4.74. The van der Waals surface area contributed by atoms with Gasteiger partial charge < -0.3 is 0 Å². The average molecular weight is 288 g/mol. The van der Waals surface area contributed by atoms with Gasteiger partial charge in [0, 0.05) is 0 Å². The molecule has 0 fully saturated rings. The molecule has 0 heterocycles. The lowest BCUT2D eigenvalue weighted by Gasteiger charge is -2.09. The maximum absolute atomic E-state index is 8.35. The zero-order valence-corrected chi connectivity index (χ0v) is 11.6. The van der Waals surface area contributed by atoms with Crippen molar-refractivity contribution >= 4 is 44.5 Å². The maximum atomic E-state index is 8.35. The van der Waals surface area contributed by atoms with E-state index in [0.717, 1.165) is 12.2 Å². The third-order valence-electron chi connectivity index (χ3n) is 3.39. The van der Waals surface area contributed by atoms with Crippen molar-refractivity contribution in [2.24, 2.45) is 0 Å². The van der Waals surface area contributed by atoms with Crippen molar-refractivity contribution in [3.8, 4) is 0 Å². The van der Waals surface area contributed by atoms with Crippen molar-refractivity contribution in [3.63, 3.8) is 0 Å². The molecule has 0 aliphatic carbocycles. The maximum Gasteiger partial charge on any atom is 0.231 e. The van der Waals surface area contributed by atoms with Crippen LogP contribution in [-0.4, -0.2) is 12.2 Å². The van der Waals surface area contributed by atoms with Gasteiger partial charge in [0.05, 0.1) is 0 Å². The molecule has 0 aromatic heterocycles. The molecule has 4 aromatic carbocycles. The molecule has 0 atom stereocenters. The van der Waals surface area contributed by atoms with E-state index >= 15 is 0 Å². The molecule has 0 aliphatic heterocycles. The Morgan fingerprint density at radius 3 is 1.00 bits per heavy atom. The second kappa shape index (κ2) is 6.91. The van der Waals surface area contributed by atoms with Crippen LogP contribution in [-0.2, 0) is 9.59 Å². The smallest absolute Gasteiger partial charge is 0.222 e. The minimum absolute atomic E-state index is 0.750. The molecule has 4 aromatic rings. The number of benzene rings is 4. The van der Waals surface area contributed by atoms with Crippen LogP contribution in [0.4, 0.5) is 0 Å². The van der Waals surface area contributed by atoms with Crippen LogP contribution < -0.4 is 0 Å². The highest BCUT2D eigenvalue weighted by Crippen LogP contribution is 2.33. The van der Waals surface area contributed by atoms with Crippen LogP contribution in [0.1, 0.15) is 0 Å². The molecule has 106 valence electrons. The van der Waals surface area contributed by atoms with E-state index in [1.165, 1.54) is 32.3 Å². The Balaban J connectivity index is 0.000000259. The van der Waals surface area contributed by atoms with Gasteiger partial charge in [-0.15, -0.1) is 0 Å². The van der Waals surface area contributed by atoms with E-state index < -0.39 is 0 Å². The van der Waals surface area contributed by atoms with Gasteiger partial charge in [0.15, 0.2) is 0 Å². The second-order valence-electron chi connectivity index (χ2n) is 4.49. The molecule has 22 heavy (non-hydrogen) atoms. The predicted octanol–water partition coefficient (Wildman–Crippen LogP) is 4.39. The Morgan fingerprint density at radius 1 is 0.545 bits per heavy atom. The summed E-state index contributed by atoms with van der Waals surface area (Å²) in [5.74, 6) is 0. The zero-order chi connectivity index (χ0) is 15.9. The van der Waals surface area contributed by atoms with E-state index in [1.54, 1.807) is 0 Å². The fourth-order valence-corrected chi connectivity index (χ4v) is 2.67. The average Bonchev–Trinajstić information content (AvgIpc) is 2.54. The van der Waals surface area contributed by atoms with Gasteiger partial charge in [0.25, 0.3) is 0 Å². The molecule has 4 nitrogen and oxygen atoms in total. The van der Waals surface area contributed by atoms with Crippen LogP contribution in [0.3, 0.4) is 0 Å². The molecule has 0 bridgehead atoms. The largest absolute Gasteiger partial charge is 0.231 e. The van der Waals surface area contributed by atoms with E-state index in [4.69, 9.17) is 20.4 Å². The number of isocyanates is 2. The monoisotopic (exact) mass is 288 g/mol. The highest BCUT2D eigenvalue weighted by Gasteiger charge is 2.05. The standard InChI is InChI=1S/C16H10.2CHNO/c1-3-11-7-9-13-5-2-6-14-10-8-12(4-1)15(11)16(13)14;2*2-1-3/h1-10H;2*2H. The molecule has 4 heteroatoms. The molecule has 0 spiro atoms. The Morgan fingerprint density at radius 2 is 0.773 bits per heavy atom. The highest BCUT2D eigenvalue weighted by molar-refractivity contribution is 6.22. The summed E-state index contributed by atoms with van der Waals surface area (Å²) < 4.78 is 0. The quantitative estimate of drug-likeness (QED) is 0.286. The van der Waals surface area contributed by atoms with E-state index in [-0.39, 0.29) is 0 Å². The predicted molar refractivity (Wildman–Crippen MR) is 87.0 cm³/mol. The van der Waals surface area contributed by atoms with Crippen molar-refractivity contribution in [2.75, 3.05) is 0 Å². The third kappa shape index (κ3) is 2.74. The van der Waals surface area contributed by atoms with E-state index in [0.29, 0.717) is 0 Å². The van der Waals surface area contributed by atoms with Crippen molar-refractivity contribution in [3.05, 3.63) is 60.7 Å². The van der Waals surface area contributed by atoms with E-state index in [9.17, 15) is 0 Å². The summed E-state index contributed by atoms with van der Waals surface area (Å²) in [5, 5.41) is 18.9. The number of nitrogens with one attached hydrogen (secondary N) is 2. The van der Waals surface area contributed by atoms with Crippen LogP contribution >= 0.6 is 0 Å². The summed E-state index contributed by atoms with van der Waals surface area (Å²) in [5.41, 5.74) is 0. The molecule has 0 saturated carbocycles. The van der Waals surface area contributed by atoms with Crippen molar-refractivity contribution < 1.29 is 9.59 Å². The summed E-state index contributed by atoms with van der Waals surface area (Å²) in [7, 11) is 0. The number of carbonyl (C=O) groups excluding carboxylic acids is 2. The lowest BCUT2D eigenvalue weighted by molar-refractivity contribution is 0.562. The topological polar surface area (TPSA) is 81.8 Å². The molecule has 0 saturated heterocycles. The van der Waals surface area contributed by atoms with Gasteiger partial charge in [-0.2, -0.15) is 0 Å². The minimum atomic E-state index is 0.750. The summed E-state index contributed by atoms with van der Waals surface area (Å²) >= 11 is 0. The van der Waals surface area contributed by atoms with Crippen LogP contribution in [0.25, 0.3) is 32.3 Å². The van der Waals surface area contributed by atoms with Gasteiger partial charge in [-0.05, 0) is 32.3 Å². The van der Waals surface area contributed by atoms with Crippen LogP contribution in [0, 0.1) is 10.8 Å². The highest BCUT2D eigenvalue weighted by atomic mass is 16.1. The zero-order valence-electron chi connectivity index (χ0n) is 11.6. The molecule has 4 rings (SSSR count). The van der Waals surface area contributed by atoms with Gasteiger partial charge >= 0.3 is 0 Å². The Hall–Kier alpha value is -3.32. The first kappa shape index (κ1) is 15.1. The normalized spacial score (nSPS) is 9.27. The fraction of sp³-hybridized carbons (Fsp3) is 0. The van der Waals surface area contributed by atoms with Gasteiger partial charge in [0.1, 0.15) is 0 Å². The second-order valence-corrected chi connectivity index (χ2v) is 4.49. The Labute approximate surface area is 126 Å². The van der Waals surface area contributed by atoms with Gasteiger partial charge in [-0.25, -0.2) is 20.4 Å². The molecule has 0 radical (unpaired) electrons. The summed E-state index contributed by atoms with van der Waals surface area (Å²) in [6, 6.07) is 21.9. The number of hydrogen-bond donors (Lipinski definition) is 2. The van der Waals surface area contributed by atoms with Gasteiger partial charge in [-0.3, -0.25) is 0 Å². The van der Waals surface area contributed by atoms with E-state index in [2.05, 4.69) is 60.7 Å². The SMILES string of the molecule is N=C=O.N=C=O.c1cc2ccc3cccc4ccc(c1)c2c34. The lowest BCUT2D eigenvalue weighted by Crippen LogP contribution is -1.82. The Bertz CT molecular complexity index is 838. The van der Waals surface area contributed by atoms with E-state index in [1.807, 2.05) is 0 Å². The summed E-state index contributed by atoms with van der Waals surface area (Å²) in [4.78, 5) is 16.7. The molecular formula is C18H12N2O2. The fourth-order valence-electron chi connectivity index (χ4n) is 2.67. The van der Waals surface area contributed by atoms with Gasteiger partial charge in [0.2, 0.25) is 12.2 Å². The van der Waals surface area contributed by atoms with Crippen LogP contribution in [0.5, 0.6) is 0 Å². The third-order valence-corrected chi connectivity index (χ3v) is 3.39. The molecule has 0 unspecified atom stereocenters. The number of hydrogen-bond acceptors (Lipinski definition) is 4. The first-order valence-corrected chi connectivity index (χ1v) is 6.47. The first-order chi connectivity index (χ1) is 10.8. The van der Waals surface area contributed by atoms with Crippen LogP contribution in [0.15, 0.2) is 60.7 Å². The minimum Gasteiger partial charge on any atom is -0.222 e. The van der Waals surface area contributed by atoms with Crippen LogP contribution in [0.2, 0.25) is 0 Å². The van der Waals surface area contributed by atoms with Crippen molar-refractivity contribution in [1.29, 1.82) is 10.8 Å². The lowest BCUT2D eigenvalue weighted by atomic mass is 9.95. The molecule has 0 amide bonds. The van der Waals surface area contributed by atoms with Crippen molar-refractivity contribution in [2.45, 2.75) is 0 Å². The molecular weight excluding hydrogens is 276 g/mol. The molecule has 2 N–H and O–H groups in total. The summed E-state index contributed by atoms with van der Waals surface area (Å²) in [6.07, 6.45) is 1.50.